The van der Waals surface area contributed by atoms with E-state index in [-0.39, 0.29) is 24.4 Å². The standard InChI is InChI=1S/C11H20O4/c1-7-3-9(12)5-11(14-7)6-10(13)4-8(2)15-11/h7-10,12-13H,3-6H2,1-2H3/t7-,8-,9?,10?,11?/m1/s1. The maximum absolute atomic E-state index is 9.73. The SMILES string of the molecule is C[C@@H]1CC(O)CC2(CC(O)C[C@@H](C)O2)O1. The second-order valence-electron chi connectivity index (χ2n) is 4.95. The Hall–Kier alpha value is -0.160. The van der Waals surface area contributed by atoms with Crippen LogP contribution in [0.15, 0.2) is 0 Å². The van der Waals surface area contributed by atoms with Crippen LogP contribution in [0.4, 0.5) is 0 Å². The molecule has 2 aliphatic rings. The van der Waals surface area contributed by atoms with Crippen LogP contribution in [0.25, 0.3) is 0 Å². The third-order valence-corrected chi connectivity index (χ3v) is 3.13. The predicted octanol–water partition coefficient (Wildman–Crippen LogP) is 0.802. The molecule has 4 atom stereocenters. The highest BCUT2D eigenvalue weighted by molar-refractivity contribution is 4.88. The second kappa shape index (κ2) is 4.01. The third kappa shape index (κ3) is 2.50. The summed E-state index contributed by atoms with van der Waals surface area (Å²) in [5, 5.41) is 19.5. The van der Waals surface area contributed by atoms with Crippen LogP contribution < -0.4 is 0 Å². The van der Waals surface area contributed by atoms with E-state index in [9.17, 15) is 10.2 Å². The van der Waals surface area contributed by atoms with E-state index in [1.165, 1.54) is 0 Å². The fourth-order valence-corrected chi connectivity index (χ4v) is 2.78. The Morgan fingerprint density at radius 1 is 0.933 bits per heavy atom. The molecular formula is C11H20O4. The van der Waals surface area contributed by atoms with Crippen LogP contribution in [-0.2, 0) is 9.47 Å². The van der Waals surface area contributed by atoms with Crippen molar-refractivity contribution in [3.05, 3.63) is 0 Å². The summed E-state index contributed by atoms with van der Waals surface area (Å²) in [5.74, 6) is -0.756. The van der Waals surface area contributed by atoms with Crippen molar-refractivity contribution >= 4 is 0 Å². The lowest BCUT2D eigenvalue weighted by atomic mass is 9.90. The highest BCUT2D eigenvalue weighted by Gasteiger charge is 2.46. The van der Waals surface area contributed by atoms with Gasteiger partial charge in [-0.05, 0) is 26.7 Å². The molecule has 15 heavy (non-hydrogen) atoms. The summed E-state index contributed by atoms with van der Waals surface area (Å²) < 4.78 is 11.6. The van der Waals surface area contributed by atoms with E-state index < -0.39 is 5.79 Å². The van der Waals surface area contributed by atoms with Gasteiger partial charge in [0.2, 0.25) is 0 Å². The van der Waals surface area contributed by atoms with Crippen molar-refractivity contribution in [3.63, 3.8) is 0 Å². The van der Waals surface area contributed by atoms with Gasteiger partial charge in [0.1, 0.15) is 0 Å². The molecule has 0 saturated carbocycles. The van der Waals surface area contributed by atoms with E-state index in [1.54, 1.807) is 0 Å². The molecule has 0 aromatic heterocycles. The Morgan fingerprint density at radius 2 is 1.33 bits per heavy atom. The molecule has 0 aromatic rings. The van der Waals surface area contributed by atoms with Crippen molar-refractivity contribution in [1.82, 2.24) is 0 Å². The first-order chi connectivity index (χ1) is 6.99. The van der Waals surface area contributed by atoms with Crippen LogP contribution in [0.1, 0.15) is 39.5 Å². The lowest BCUT2D eigenvalue weighted by Gasteiger charge is -2.47. The van der Waals surface area contributed by atoms with E-state index >= 15 is 0 Å². The number of hydrogen-bond acceptors (Lipinski definition) is 4. The molecule has 2 fully saturated rings. The number of rotatable bonds is 0. The number of aliphatic hydroxyl groups is 2. The molecular weight excluding hydrogens is 196 g/mol. The van der Waals surface area contributed by atoms with Crippen LogP contribution in [0, 0.1) is 0 Å². The van der Waals surface area contributed by atoms with Crippen molar-refractivity contribution in [1.29, 1.82) is 0 Å². The molecule has 2 N–H and O–H groups in total. The van der Waals surface area contributed by atoms with Gasteiger partial charge in [0.15, 0.2) is 5.79 Å². The molecule has 0 aromatic carbocycles. The Kier molecular flexibility index (Phi) is 3.03. The van der Waals surface area contributed by atoms with Crippen LogP contribution in [0.5, 0.6) is 0 Å². The van der Waals surface area contributed by atoms with Crippen molar-refractivity contribution in [2.24, 2.45) is 0 Å². The van der Waals surface area contributed by atoms with Crippen LogP contribution >= 0.6 is 0 Å². The Balaban J connectivity index is 2.10. The fourth-order valence-electron chi connectivity index (χ4n) is 2.78. The monoisotopic (exact) mass is 216 g/mol. The van der Waals surface area contributed by atoms with E-state index in [2.05, 4.69) is 0 Å². The highest BCUT2D eigenvalue weighted by Crippen LogP contribution is 2.39. The van der Waals surface area contributed by atoms with Gasteiger partial charge in [-0.3, -0.25) is 0 Å². The minimum Gasteiger partial charge on any atom is -0.393 e. The molecule has 2 heterocycles. The topological polar surface area (TPSA) is 58.9 Å². The first-order valence-corrected chi connectivity index (χ1v) is 5.71. The van der Waals surface area contributed by atoms with Gasteiger partial charge in [0, 0.05) is 12.8 Å². The second-order valence-corrected chi connectivity index (χ2v) is 4.95. The summed E-state index contributed by atoms with van der Waals surface area (Å²) in [4.78, 5) is 0. The van der Waals surface area contributed by atoms with Crippen LogP contribution in [0.2, 0.25) is 0 Å². The van der Waals surface area contributed by atoms with Gasteiger partial charge >= 0.3 is 0 Å². The lowest BCUT2D eigenvalue weighted by molar-refractivity contribution is -0.333. The molecule has 4 heteroatoms. The maximum atomic E-state index is 9.73. The zero-order valence-corrected chi connectivity index (χ0v) is 9.35. The maximum Gasteiger partial charge on any atom is 0.173 e. The van der Waals surface area contributed by atoms with Gasteiger partial charge in [-0.1, -0.05) is 0 Å². The van der Waals surface area contributed by atoms with Gasteiger partial charge in [-0.15, -0.1) is 0 Å². The van der Waals surface area contributed by atoms with Gasteiger partial charge in [0.25, 0.3) is 0 Å². The van der Waals surface area contributed by atoms with E-state index in [4.69, 9.17) is 9.47 Å². The quantitative estimate of drug-likeness (QED) is 0.629. The third-order valence-electron chi connectivity index (χ3n) is 3.13. The van der Waals surface area contributed by atoms with Crippen molar-refractivity contribution < 1.29 is 19.7 Å². The molecule has 0 radical (unpaired) electrons. The van der Waals surface area contributed by atoms with Crippen molar-refractivity contribution in [2.75, 3.05) is 0 Å². The summed E-state index contributed by atoms with van der Waals surface area (Å²) in [6.07, 6.45) is 1.46. The molecule has 4 nitrogen and oxygen atoms in total. The molecule has 0 bridgehead atoms. The Morgan fingerprint density at radius 3 is 1.67 bits per heavy atom. The summed E-state index contributed by atoms with van der Waals surface area (Å²) in [7, 11) is 0. The van der Waals surface area contributed by atoms with Gasteiger partial charge in [-0.2, -0.15) is 0 Å². The number of aliphatic hydroxyl groups excluding tert-OH is 2. The average Bonchev–Trinajstić information content (AvgIpc) is 1.96. The zero-order valence-electron chi connectivity index (χ0n) is 9.35. The van der Waals surface area contributed by atoms with Crippen molar-refractivity contribution in [2.45, 2.75) is 69.7 Å². The summed E-state index contributed by atoms with van der Waals surface area (Å²) in [5.41, 5.74) is 0. The first-order valence-electron chi connectivity index (χ1n) is 5.71. The summed E-state index contributed by atoms with van der Waals surface area (Å²) in [6, 6.07) is 0. The van der Waals surface area contributed by atoms with E-state index in [0.29, 0.717) is 25.7 Å². The first kappa shape index (κ1) is 11.3. The van der Waals surface area contributed by atoms with E-state index in [0.717, 1.165) is 0 Å². The fraction of sp³-hybridized carbons (Fsp3) is 1.00. The summed E-state index contributed by atoms with van der Waals surface area (Å²) in [6.45, 7) is 3.86. The number of hydrogen-bond donors (Lipinski definition) is 2. The van der Waals surface area contributed by atoms with Crippen LogP contribution in [-0.4, -0.2) is 40.4 Å². The molecule has 0 aliphatic carbocycles. The average molecular weight is 216 g/mol. The largest absolute Gasteiger partial charge is 0.393 e. The lowest BCUT2D eigenvalue weighted by Crippen LogP contribution is -2.53. The minimum absolute atomic E-state index is 0.00810. The molecule has 2 aliphatic heterocycles. The predicted molar refractivity (Wildman–Crippen MR) is 54.3 cm³/mol. The molecule has 88 valence electrons. The van der Waals surface area contributed by atoms with E-state index in [1.807, 2.05) is 13.8 Å². The Labute approximate surface area is 90.2 Å². The molecule has 2 rings (SSSR count). The number of ether oxygens (including phenoxy) is 2. The molecule has 2 saturated heterocycles. The highest BCUT2D eigenvalue weighted by atomic mass is 16.7. The smallest absolute Gasteiger partial charge is 0.173 e. The normalized spacial score (nSPS) is 52.0. The molecule has 2 unspecified atom stereocenters. The van der Waals surface area contributed by atoms with Gasteiger partial charge in [0.05, 0.1) is 24.4 Å². The molecule has 1 spiro atoms. The van der Waals surface area contributed by atoms with Gasteiger partial charge in [-0.25, -0.2) is 0 Å². The molecule has 0 amide bonds. The van der Waals surface area contributed by atoms with Crippen molar-refractivity contribution in [3.8, 4) is 0 Å². The van der Waals surface area contributed by atoms with Crippen LogP contribution in [0.3, 0.4) is 0 Å². The Bertz CT molecular complexity index is 183. The minimum atomic E-state index is -0.756. The van der Waals surface area contributed by atoms with Gasteiger partial charge < -0.3 is 19.7 Å². The zero-order chi connectivity index (χ0) is 11.1. The summed E-state index contributed by atoms with van der Waals surface area (Å²) >= 11 is 0.